The monoisotopic (exact) mass is 269 g/mol. The summed E-state index contributed by atoms with van der Waals surface area (Å²) in [5, 5.41) is 11.7. The minimum atomic E-state index is -1.47. The summed E-state index contributed by atoms with van der Waals surface area (Å²) in [6.45, 7) is 3.56. The van der Waals surface area contributed by atoms with E-state index in [9.17, 15) is 9.59 Å². The van der Waals surface area contributed by atoms with Gasteiger partial charge in [0.15, 0.2) is 0 Å². The molecule has 0 radical (unpaired) electrons. The van der Waals surface area contributed by atoms with Crippen molar-refractivity contribution in [2.75, 3.05) is 0 Å². The van der Waals surface area contributed by atoms with Gasteiger partial charge in [0.1, 0.15) is 0 Å². The minimum absolute atomic E-state index is 0.589. The first-order chi connectivity index (χ1) is 8.32. The Kier molecular flexibility index (Phi) is 4.73. The molecule has 0 heterocycles. The molecule has 0 bridgehead atoms. The maximum absolute atomic E-state index is 11.1. The van der Waals surface area contributed by atoms with Crippen LogP contribution in [0.3, 0.4) is 0 Å². The Bertz CT molecular complexity index is 457. The van der Waals surface area contributed by atoms with Crippen LogP contribution in [0.1, 0.15) is 25.8 Å². The Morgan fingerprint density at radius 2 is 1.94 bits per heavy atom. The first kappa shape index (κ1) is 14.5. The third kappa shape index (κ3) is 4.37. The maximum Gasteiger partial charge on any atom is 0.394 e. The average Bonchev–Trinajstić information content (AvgIpc) is 2.27. The molecule has 0 aliphatic rings. The van der Waals surface area contributed by atoms with Gasteiger partial charge in [-0.05, 0) is 38.3 Å². The van der Waals surface area contributed by atoms with Gasteiger partial charge in [0.05, 0.1) is 0 Å². The second-order valence-corrected chi connectivity index (χ2v) is 5.14. The van der Waals surface area contributed by atoms with E-state index in [4.69, 9.17) is 16.7 Å². The van der Waals surface area contributed by atoms with Crippen LogP contribution in [0.25, 0.3) is 0 Å². The lowest BCUT2D eigenvalue weighted by Gasteiger charge is -2.25. The number of halogens is 1. The summed E-state index contributed by atoms with van der Waals surface area (Å²) in [7, 11) is 0. The topological polar surface area (TPSA) is 66.4 Å². The lowest BCUT2D eigenvalue weighted by molar-refractivity contribution is -0.151. The predicted molar refractivity (Wildman–Crippen MR) is 69.6 cm³/mol. The fraction of sp³-hybridized carbons (Fsp3) is 0.385. The highest BCUT2D eigenvalue weighted by Gasteiger charge is 2.23. The number of hydrogen-bond acceptors (Lipinski definition) is 2. The first-order valence-corrected chi connectivity index (χ1v) is 5.98. The summed E-state index contributed by atoms with van der Waals surface area (Å²) in [5.41, 5.74) is 0.395. The molecule has 0 fully saturated rings. The number of amides is 1. The zero-order valence-electron chi connectivity index (χ0n) is 10.4. The van der Waals surface area contributed by atoms with E-state index in [0.717, 1.165) is 5.56 Å². The molecule has 0 aromatic heterocycles. The first-order valence-electron chi connectivity index (χ1n) is 5.61. The molecule has 1 rings (SSSR count). The normalized spacial score (nSPS) is 11.1. The molecule has 1 aromatic rings. The van der Waals surface area contributed by atoms with E-state index in [1.165, 1.54) is 0 Å². The van der Waals surface area contributed by atoms with Crippen molar-refractivity contribution in [3.8, 4) is 0 Å². The molecule has 98 valence electrons. The lowest BCUT2D eigenvalue weighted by atomic mass is 9.95. The quantitative estimate of drug-likeness (QED) is 0.824. The molecule has 1 aromatic carbocycles. The van der Waals surface area contributed by atoms with Crippen molar-refractivity contribution in [3.63, 3.8) is 0 Å². The molecule has 4 nitrogen and oxygen atoms in total. The highest BCUT2D eigenvalue weighted by Crippen LogP contribution is 2.20. The molecular weight excluding hydrogens is 254 g/mol. The van der Waals surface area contributed by atoms with Crippen LogP contribution in [-0.4, -0.2) is 22.5 Å². The zero-order valence-corrected chi connectivity index (χ0v) is 11.1. The molecule has 0 unspecified atom stereocenters. The van der Waals surface area contributed by atoms with Crippen LogP contribution in [0.15, 0.2) is 24.3 Å². The lowest BCUT2D eigenvalue weighted by Crippen LogP contribution is -2.46. The number of aliphatic carboxylic acids is 1. The van der Waals surface area contributed by atoms with Gasteiger partial charge in [-0.25, -0.2) is 4.79 Å². The zero-order chi connectivity index (χ0) is 13.8. The number of carboxylic acid groups (broad SMARTS) is 1. The second-order valence-electron chi connectivity index (χ2n) is 4.73. The summed E-state index contributed by atoms with van der Waals surface area (Å²) < 4.78 is 0. The van der Waals surface area contributed by atoms with E-state index in [1.54, 1.807) is 19.9 Å². The molecular formula is C13H16ClNO3. The van der Waals surface area contributed by atoms with E-state index >= 15 is 0 Å². The molecule has 0 saturated heterocycles. The standard InChI is InChI=1S/C13H16ClNO3/c1-13(2,15-11(16)12(17)18)8-7-9-5-3-4-6-10(9)14/h3-6H,7-8H2,1-2H3,(H,15,16)(H,17,18). The molecule has 0 saturated carbocycles. The third-order valence-electron chi connectivity index (χ3n) is 2.62. The molecule has 5 heteroatoms. The molecule has 18 heavy (non-hydrogen) atoms. The van der Waals surface area contributed by atoms with Crippen molar-refractivity contribution in [1.82, 2.24) is 5.32 Å². The number of nitrogens with one attached hydrogen (secondary N) is 1. The minimum Gasteiger partial charge on any atom is -0.474 e. The van der Waals surface area contributed by atoms with Crippen molar-refractivity contribution in [2.24, 2.45) is 0 Å². The average molecular weight is 270 g/mol. The Balaban J connectivity index is 2.59. The smallest absolute Gasteiger partial charge is 0.394 e. The van der Waals surface area contributed by atoms with Gasteiger partial charge in [0.25, 0.3) is 0 Å². The number of carbonyl (C=O) groups excluding carboxylic acids is 1. The number of carboxylic acids is 1. The van der Waals surface area contributed by atoms with Crippen molar-refractivity contribution in [3.05, 3.63) is 34.9 Å². The molecule has 1 amide bonds. The molecule has 0 aliphatic carbocycles. The van der Waals surface area contributed by atoms with Crippen LogP contribution < -0.4 is 5.32 Å². The van der Waals surface area contributed by atoms with Gasteiger partial charge in [-0.3, -0.25) is 4.79 Å². The van der Waals surface area contributed by atoms with Crippen molar-refractivity contribution in [2.45, 2.75) is 32.2 Å². The largest absolute Gasteiger partial charge is 0.474 e. The highest BCUT2D eigenvalue weighted by atomic mass is 35.5. The fourth-order valence-corrected chi connectivity index (χ4v) is 1.80. The van der Waals surface area contributed by atoms with Gasteiger partial charge >= 0.3 is 11.9 Å². The summed E-state index contributed by atoms with van der Waals surface area (Å²) in [5.74, 6) is -2.46. The number of aryl methyl sites for hydroxylation is 1. The van der Waals surface area contributed by atoms with E-state index in [0.29, 0.717) is 17.9 Å². The van der Waals surface area contributed by atoms with Crippen LogP contribution in [-0.2, 0) is 16.0 Å². The van der Waals surface area contributed by atoms with E-state index in [2.05, 4.69) is 5.32 Å². The third-order valence-corrected chi connectivity index (χ3v) is 2.99. The Morgan fingerprint density at radius 3 is 2.50 bits per heavy atom. The second kappa shape index (κ2) is 5.87. The maximum atomic E-state index is 11.1. The van der Waals surface area contributed by atoms with Crippen molar-refractivity contribution in [1.29, 1.82) is 0 Å². The van der Waals surface area contributed by atoms with E-state index in [-0.39, 0.29) is 0 Å². The Labute approximate surface area is 111 Å². The summed E-state index contributed by atoms with van der Waals surface area (Å²) in [6.07, 6.45) is 1.28. The highest BCUT2D eigenvalue weighted by molar-refractivity contribution is 6.31. The van der Waals surface area contributed by atoms with Gasteiger partial charge < -0.3 is 10.4 Å². The number of benzene rings is 1. The van der Waals surface area contributed by atoms with Crippen LogP contribution in [0.2, 0.25) is 5.02 Å². The van der Waals surface area contributed by atoms with Gasteiger partial charge in [0.2, 0.25) is 0 Å². The molecule has 2 N–H and O–H groups in total. The number of carbonyl (C=O) groups is 2. The SMILES string of the molecule is CC(C)(CCc1ccccc1Cl)NC(=O)C(=O)O. The molecule has 0 spiro atoms. The summed E-state index contributed by atoms with van der Waals surface area (Å²) in [6, 6.07) is 7.46. The van der Waals surface area contributed by atoms with E-state index < -0.39 is 17.4 Å². The number of hydrogen-bond donors (Lipinski definition) is 2. The van der Waals surface area contributed by atoms with Gasteiger partial charge in [-0.2, -0.15) is 0 Å². The van der Waals surface area contributed by atoms with Gasteiger partial charge in [-0.15, -0.1) is 0 Å². The fourth-order valence-electron chi connectivity index (χ4n) is 1.57. The Hall–Kier alpha value is -1.55. The number of rotatable bonds is 4. The summed E-state index contributed by atoms with van der Waals surface area (Å²) >= 11 is 6.03. The van der Waals surface area contributed by atoms with Gasteiger partial charge in [-0.1, -0.05) is 29.8 Å². The van der Waals surface area contributed by atoms with Crippen molar-refractivity contribution < 1.29 is 14.7 Å². The van der Waals surface area contributed by atoms with E-state index in [1.807, 2.05) is 18.2 Å². The van der Waals surface area contributed by atoms with Crippen molar-refractivity contribution >= 4 is 23.5 Å². The predicted octanol–water partition coefficient (Wildman–Crippen LogP) is 2.25. The molecule has 0 atom stereocenters. The molecule has 0 aliphatic heterocycles. The van der Waals surface area contributed by atoms with Crippen LogP contribution in [0.5, 0.6) is 0 Å². The summed E-state index contributed by atoms with van der Waals surface area (Å²) in [4.78, 5) is 21.6. The van der Waals surface area contributed by atoms with Crippen LogP contribution >= 0.6 is 11.6 Å². The Morgan fingerprint density at radius 1 is 1.33 bits per heavy atom. The van der Waals surface area contributed by atoms with Crippen LogP contribution in [0.4, 0.5) is 0 Å². The van der Waals surface area contributed by atoms with Gasteiger partial charge in [0, 0.05) is 10.6 Å². The van der Waals surface area contributed by atoms with Crippen LogP contribution in [0, 0.1) is 0 Å².